The second kappa shape index (κ2) is 5.36. The van der Waals surface area contributed by atoms with Crippen LogP contribution in [0.15, 0.2) is 34.7 Å². The van der Waals surface area contributed by atoms with Gasteiger partial charge in [0, 0.05) is 0 Å². The summed E-state index contributed by atoms with van der Waals surface area (Å²) < 4.78 is 18.7. The van der Waals surface area contributed by atoms with Crippen LogP contribution < -0.4 is 5.32 Å². The Bertz CT molecular complexity index is 533. The van der Waals surface area contributed by atoms with E-state index in [1.54, 1.807) is 6.07 Å². The van der Waals surface area contributed by atoms with Gasteiger partial charge >= 0.3 is 0 Å². The van der Waals surface area contributed by atoms with Crippen LogP contribution in [-0.2, 0) is 6.42 Å². The molecule has 0 saturated heterocycles. The molecule has 18 heavy (non-hydrogen) atoms. The molecule has 0 radical (unpaired) electrons. The second-order valence-electron chi connectivity index (χ2n) is 4.56. The molecule has 0 bridgehead atoms. The molecular formula is C15H18FNO. The minimum atomic E-state index is -0.189. The van der Waals surface area contributed by atoms with E-state index in [0.29, 0.717) is 0 Å². The smallest absolute Gasteiger partial charge is 0.123 e. The highest BCUT2D eigenvalue weighted by Crippen LogP contribution is 2.22. The van der Waals surface area contributed by atoms with E-state index in [1.807, 2.05) is 39.1 Å². The van der Waals surface area contributed by atoms with Crippen molar-refractivity contribution in [2.24, 2.45) is 0 Å². The van der Waals surface area contributed by atoms with Crippen LogP contribution in [0.3, 0.4) is 0 Å². The lowest BCUT2D eigenvalue weighted by Crippen LogP contribution is -2.18. The predicted octanol–water partition coefficient (Wildman–Crippen LogP) is 3.54. The zero-order valence-electron chi connectivity index (χ0n) is 11.0. The Morgan fingerprint density at radius 1 is 1.22 bits per heavy atom. The molecule has 0 aliphatic heterocycles. The lowest BCUT2D eigenvalue weighted by Gasteiger charge is -2.15. The summed E-state index contributed by atoms with van der Waals surface area (Å²) in [6.07, 6.45) is 0.787. The van der Waals surface area contributed by atoms with E-state index in [9.17, 15) is 4.39 Å². The molecule has 96 valence electrons. The minimum absolute atomic E-state index is 0.114. The summed E-state index contributed by atoms with van der Waals surface area (Å²) in [5.74, 6) is 1.63. The monoisotopic (exact) mass is 247 g/mol. The summed E-state index contributed by atoms with van der Waals surface area (Å²) in [5, 5.41) is 3.23. The van der Waals surface area contributed by atoms with Gasteiger partial charge in [-0.2, -0.15) is 0 Å². The fourth-order valence-corrected chi connectivity index (χ4v) is 2.09. The summed E-state index contributed by atoms with van der Waals surface area (Å²) in [6.45, 7) is 3.86. The van der Waals surface area contributed by atoms with E-state index in [-0.39, 0.29) is 11.9 Å². The summed E-state index contributed by atoms with van der Waals surface area (Å²) in [5.41, 5.74) is 2.10. The molecule has 0 amide bonds. The number of nitrogens with one attached hydrogen (secondary N) is 1. The largest absolute Gasteiger partial charge is 0.465 e. The van der Waals surface area contributed by atoms with Crippen LogP contribution in [0, 0.1) is 19.7 Å². The predicted molar refractivity (Wildman–Crippen MR) is 70.1 cm³/mol. The molecule has 0 aliphatic carbocycles. The van der Waals surface area contributed by atoms with Gasteiger partial charge in [-0.15, -0.1) is 0 Å². The minimum Gasteiger partial charge on any atom is -0.465 e. The van der Waals surface area contributed by atoms with Gasteiger partial charge < -0.3 is 9.73 Å². The molecule has 1 atom stereocenters. The van der Waals surface area contributed by atoms with Gasteiger partial charge in [-0.05, 0) is 62.7 Å². The highest BCUT2D eigenvalue weighted by molar-refractivity contribution is 5.28. The van der Waals surface area contributed by atoms with Gasteiger partial charge in [-0.1, -0.05) is 6.07 Å². The molecular weight excluding hydrogens is 229 g/mol. The van der Waals surface area contributed by atoms with Crippen molar-refractivity contribution in [2.45, 2.75) is 26.3 Å². The van der Waals surface area contributed by atoms with Gasteiger partial charge in [0.2, 0.25) is 0 Å². The number of aryl methyl sites for hydroxylation is 2. The van der Waals surface area contributed by atoms with Crippen molar-refractivity contribution in [1.29, 1.82) is 0 Å². The van der Waals surface area contributed by atoms with Gasteiger partial charge in [-0.25, -0.2) is 4.39 Å². The summed E-state index contributed by atoms with van der Waals surface area (Å²) in [6, 6.07) is 8.96. The maximum absolute atomic E-state index is 13.1. The van der Waals surface area contributed by atoms with Gasteiger partial charge in [-0.3, -0.25) is 0 Å². The Kier molecular flexibility index (Phi) is 3.82. The van der Waals surface area contributed by atoms with E-state index < -0.39 is 0 Å². The Morgan fingerprint density at radius 3 is 2.56 bits per heavy atom. The van der Waals surface area contributed by atoms with Crippen molar-refractivity contribution < 1.29 is 8.81 Å². The maximum Gasteiger partial charge on any atom is 0.123 e. The fourth-order valence-electron chi connectivity index (χ4n) is 2.09. The fraction of sp³-hybridized carbons (Fsp3) is 0.333. The molecule has 1 N–H and O–H groups in total. The number of hydrogen-bond donors (Lipinski definition) is 1. The van der Waals surface area contributed by atoms with E-state index in [2.05, 4.69) is 5.32 Å². The molecule has 2 aromatic rings. The van der Waals surface area contributed by atoms with Gasteiger partial charge in [0.05, 0.1) is 6.04 Å². The first-order valence-electron chi connectivity index (χ1n) is 6.09. The molecule has 1 aromatic heterocycles. The van der Waals surface area contributed by atoms with E-state index in [0.717, 1.165) is 29.1 Å². The molecule has 1 unspecified atom stereocenters. The maximum atomic E-state index is 13.1. The second-order valence-corrected chi connectivity index (χ2v) is 4.56. The molecule has 3 heteroatoms. The molecule has 0 saturated carbocycles. The molecule has 2 nitrogen and oxygen atoms in total. The van der Waals surface area contributed by atoms with Crippen molar-refractivity contribution in [2.75, 3.05) is 7.05 Å². The first kappa shape index (κ1) is 12.8. The lowest BCUT2D eigenvalue weighted by atomic mass is 10.00. The molecule has 0 aliphatic rings. The van der Waals surface area contributed by atoms with Crippen LogP contribution in [0.5, 0.6) is 0 Å². The van der Waals surface area contributed by atoms with Gasteiger partial charge in [0.25, 0.3) is 0 Å². The van der Waals surface area contributed by atoms with Crippen molar-refractivity contribution in [3.8, 4) is 0 Å². The first-order chi connectivity index (χ1) is 8.60. The summed E-state index contributed by atoms with van der Waals surface area (Å²) in [4.78, 5) is 0. The third-order valence-electron chi connectivity index (χ3n) is 3.18. The highest BCUT2D eigenvalue weighted by atomic mass is 19.1. The van der Waals surface area contributed by atoms with Crippen LogP contribution in [-0.4, -0.2) is 7.05 Å². The van der Waals surface area contributed by atoms with Crippen LogP contribution in [0.2, 0.25) is 0 Å². The van der Waals surface area contributed by atoms with Crippen molar-refractivity contribution >= 4 is 0 Å². The van der Waals surface area contributed by atoms with Gasteiger partial charge in [0.15, 0.2) is 0 Å². The number of furan rings is 1. The molecule has 1 aromatic carbocycles. The lowest BCUT2D eigenvalue weighted by molar-refractivity contribution is 0.414. The summed E-state index contributed by atoms with van der Waals surface area (Å²) >= 11 is 0. The van der Waals surface area contributed by atoms with Crippen LogP contribution >= 0.6 is 0 Å². The SMILES string of the molecule is CNC(Cc1ccc(F)cc1C)c1ccc(C)o1. The van der Waals surface area contributed by atoms with Crippen LogP contribution in [0.1, 0.15) is 28.7 Å². The topological polar surface area (TPSA) is 25.2 Å². The standard InChI is InChI=1S/C15H18FNO/c1-10-8-13(16)6-5-12(10)9-14(17-3)15-7-4-11(2)18-15/h4-8,14,17H,9H2,1-3H3. The van der Waals surface area contributed by atoms with Crippen molar-refractivity contribution in [1.82, 2.24) is 5.32 Å². The Hall–Kier alpha value is -1.61. The first-order valence-corrected chi connectivity index (χ1v) is 6.09. The van der Waals surface area contributed by atoms with E-state index >= 15 is 0 Å². The molecule has 2 rings (SSSR count). The summed E-state index contributed by atoms with van der Waals surface area (Å²) in [7, 11) is 1.90. The Balaban J connectivity index is 2.20. The van der Waals surface area contributed by atoms with Crippen molar-refractivity contribution in [3.05, 3.63) is 58.8 Å². The molecule has 1 heterocycles. The zero-order valence-corrected chi connectivity index (χ0v) is 11.0. The Morgan fingerprint density at radius 2 is 2.00 bits per heavy atom. The quantitative estimate of drug-likeness (QED) is 0.894. The van der Waals surface area contributed by atoms with Crippen LogP contribution in [0.25, 0.3) is 0 Å². The van der Waals surface area contributed by atoms with Crippen molar-refractivity contribution in [3.63, 3.8) is 0 Å². The number of hydrogen-bond acceptors (Lipinski definition) is 2. The third-order valence-corrected chi connectivity index (χ3v) is 3.18. The average molecular weight is 247 g/mol. The number of likely N-dealkylation sites (N-methyl/N-ethyl adjacent to an activating group) is 1. The number of benzene rings is 1. The molecule has 0 fully saturated rings. The Labute approximate surface area is 107 Å². The van der Waals surface area contributed by atoms with Gasteiger partial charge in [0.1, 0.15) is 17.3 Å². The molecule has 0 spiro atoms. The highest BCUT2D eigenvalue weighted by Gasteiger charge is 2.15. The van der Waals surface area contributed by atoms with E-state index in [4.69, 9.17) is 4.42 Å². The number of halogens is 1. The number of rotatable bonds is 4. The van der Waals surface area contributed by atoms with Crippen LogP contribution in [0.4, 0.5) is 4.39 Å². The zero-order chi connectivity index (χ0) is 13.1. The average Bonchev–Trinajstić information content (AvgIpc) is 2.75. The third kappa shape index (κ3) is 2.79. The normalized spacial score (nSPS) is 12.7. The van der Waals surface area contributed by atoms with E-state index in [1.165, 1.54) is 6.07 Å².